The van der Waals surface area contributed by atoms with E-state index in [2.05, 4.69) is 59.7 Å². The summed E-state index contributed by atoms with van der Waals surface area (Å²) in [7, 11) is 0. The average Bonchev–Trinajstić information content (AvgIpc) is 2.67. The summed E-state index contributed by atoms with van der Waals surface area (Å²) < 4.78 is 0. The number of rotatable bonds is 5. The topological polar surface area (TPSA) is 44.4 Å². The molecule has 0 spiro atoms. The molecule has 5 heteroatoms. The van der Waals surface area contributed by atoms with Gasteiger partial charge < -0.3 is 15.5 Å². The summed E-state index contributed by atoms with van der Waals surface area (Å²) in [6, 6.07) is 16.8. The number of hydrogen-bond acceptors (Lipinski definition) is 2. The predicted octanol–water partition coefficient (Wildman–Crippen LogP) is 4.21. The van der Waals surface area contributed by atoms with Crippen LogP contribution in [0.2, 0.25) is 0 Å². The van der Waals surface area contributed by atoms with Crippen LogP contribution in [0.1, 0.15) is 36.0 Å². The minimum Gasteiger partial charge on any atom is -0.353 e. The number of likely N-dealkylation sites (tertiary alicyclic amines) is 1. The normalized spacial score (nSPS) is 14.6. The molecule has 2 aromatic rings. The van der Waals surface area contributed by atoms with E-state index in [1.54, 1.807) is 0 Å². The number of thiocarbonyl (C=S) groups is 1. The molecular weight excluding hydrogens is 366 g/mol. The van der Waals surface area contributed by atoms with E-state index in [-0.39, 0.29) is 11.9 Å². The summed E-state index contributed by atoms with van der Waals surface area (Å²) in [5.41, 5.74) is 4.69. The fourth-order valence-corrected chi connectivity index (χ4v) is 3.98. The van der Waals surface area contributed by atoms with Crippen molar-refractivity contribution in [3.05, 3.63) is 65.2 Å². The standard InChI is InChI=1S/C23H29N3OS/c1-17-14-18(2)16-21(15-17)25-23(28)26-12-10-20(11-13-26)24-22(27)9-8-19-6-4-3-5-7-19/h3-7,14-16,20H,8-13H2,1-2H3,(H,24,27)(H,25,28). The Bertz CT molecular complexity index is 794. The second-order valence-corrected chi connectivity index (χ2v) is 8.01. The number of carbonyl (C=O) groups excluding carboxylic acids is 1. The quantitative estimate of drug-likeness (QED) is 0.744. The monoisotopic (exact) mass is 395 g/mol. The van der Waals surface area contributed by atoms with Crippen molar-refractivity contribution in [1.29, 1.82) is 0 Å². The van der Waals surface area contributed by atoms with Crippen molar-refractivity contribution in [2.24, 2.45) is 0 Å². The number of benzene rings is 2. The van der Waals surface area contributed by atoms with Gasteiger partial charge >= 0.3 is 0 Å². The molecule has 0 atom stereocenters. The van der Waals surface area contributed by atoms with Crippen LogP contribution in [0.25, 0.3) is 0 Å². The maximum absolute atomic E-state index is 12.2. The van der Waals surface area contributed by atoms with E-state index in [0.717, 1.165) is 43.2 Å². The van der Waals surface area contributed by atoms with Crippen LogP contribution < -0.4 is 10.6 Å². The lowest BCUT2D eigenvalue weighted by Crippen LogP contribution is -2.47. The molecule has 1 aliphatic heterocycles. The van der Waals surface area contributed by atoms with Gasteiger partial charge in [-0.05, 0) is 74.2 Å². The Balaban J connectivity index is 1.41. The molecule has 4 nitrogen and oxygen atoms in total. The van der Waals surface area contributed by atoms with E-state index < -0.39 is 0 Å². The highest BCUT2D eigenvalue weighted by Crippen LogP contribution is 2.17. The molecule has 1 amide bonds. The molecule has 28 heavy (non-hydrogen) atoms. The van der Waals surface area contributed by atoms with Crippen LogP contribution in [0.4, 0.5) is 5.69 Å². The van der Waals surface area contributed by atoms with Crippen LogP contribution >= 0.6 is 12.2 Å². The van der Waals surface area contributed by atoms with Gasteiger partial charge in [0.2, 0.25) is 5.91 Å². The van der Waals surface area contributed by atoms with Gasteiger partial charge in [-0.2, -0.15) is 0 Å². The van der Waals surface area contributed by atoms with Crippen LogP contribution in [-0.4, -0.2) is 35.1 Å². The average molecular weight is 396 g/mol. The van der Waals surface area contributed by atoms with Gasteiger partial charge in [0.25, 0.3) is 0 Å². The first-order valence-electron chi connectivity index (χ1n) is 9.97. The number of anilines is 1. The molecule has 0 saturated carbocycles. The first-order chi connectivity index (χ1) is 13.5. The lowest BCUT2D eigenvalue weighted by atomic mass is 10.0. The molecule has 2 aromatic carbocycles. The number of aryl methyl sites for hydroxylation is 3. The predicted molar refractivity (Wildman–Crippen MR) is 120 cm³/mol. The first kappa shape index (κ1) is 20.3. The van der Waals surface area contributed by atoms with Gasteiger partial charge in [0.15, 0.2) is 5.11 Å². The van der Waals surface area contributed by atoms with Crippen LogP contribution in [-0.2, 0) is 11.2 Å². The molecule has 0 unspecified atom stereocenters. The van der Waals surface area contributed by atoms with Gasteiger partial charge in [0.05, 0.1) is 0 Å². The lowest BCUT2D eigenvalue weighted by Gasteiger charge is -2.34. The van der Waals surface area contributed by atoms with E-state index in [1.165, 1.54) is 16.7 Å². The SMILES string of the molecule is Cc1cc(C)cc(NC(=S)N2CCC(NC(=O)CCc3ccccc3)CC2)c1. The largest absolute Gasteiger partial charge is 0.353 e. The minimum atomic E-state index is 0.137. The third kappa shape index (κ3) is 6.06. The van der Waals surface area contributed by atoms with Crippen molar-refractivity contribution < 1.29 is 4.79 Å². The third-order valence-electron chi connectivity index (χ3n) is 5.10. The summed E-state index contributed by atoms with van der Waals surface area (Å²) in [5.74, 6) is 0.137. The second-order valence-electron chi connectivity index (χ2n) is 7.62. The number of amides is 1. The Morgan fingerprint density at radius 3 is 2.36 bits per heavy atom. The molecule has 3 rings (SSSR count). The highest BCUT2D eigenvalue weighted by Gasteiger charge is 2.22. The zero-order chi connectivity index (χ0) is 19.9. The van der Waals surface area contributed by atoms with Crippen molar-refractivity contribution in [3.8, 4) is 0 Å². The molecule has 0 bridgehead atoms. The Morgan fingerprint density at radius 2 is 1.71 bits per heavy atom. The van der Waals surface area contributed by atoms with Gasteiger partial charge in [0, 0.05) is 31.2 Å². The molecule has 1 heterocycles. The fourth-order valence-electron chi connectivity index (χ4n) is 3.68. The number of piperidine rings is 1. The smallest absolute Gasteiger partial charge is 0.220 e. The van der Waals surface area contributed by atoms with Crippen molar-refractivity contribution in [2.45, 2.75) is 45.6 Å². The molecule has 148 valence electrons. The zero-order valence-electron chi connectivity index (χ0n) is 16.7. The van der Waals surface area contributed by atoms with Crippen LogP contribution in [0.15, 0.2) is 48.5 Å². The molecule has 0 radical (unpaired) electrons. The van der Waals surface area contributed by atoms with Crippen molar-refractivity contribution in [1.82, 2.24) is 10.2 Å². The minimum absolute atomic E-state index is 0.137. The van der Waals surface area contributed by atoms with Gasteiger partial charge in [-0.25, -0.2) is 0 Å². The Kier molecular flexibility index (Phi) is 7.04. The van der Waals surface area contributed by atoms with E-state index in [1.807, 2.05) is 18.2 Å². The fraction of sp³-hybridized carbons (Fsp3) is 0.391. The summed E-state index contributed by atoms with van der Waals surface area (Å²) in [4.78, 5) is 14.4. The third-order valence-corrected chi connectivity index (χ3v) is 5.46. The second kappa shape index (κ2) is 9.69. The van der Waals surface area contributed by atoms with E-state index in [0.29, 0.717) is 6.42 Å². The molecule has 2 N–H and O–H groups in total. The van der Waals surface area contributed by atoms with Gasteiger partial charge in [0.1, 0.15) is 0 Å². The first-order valence-corrected chi connectivity index (χ1v) is 10.4. The summed E-state index contributed by atoms with van der Waals surface area (Å²) >= 11 is 5.59. The molecule has 0 aromatic heterocycles. The van der Waals surface area contributed by atoms with Crippen molar-refractivity contribution in [3.63, 3.8) is 0 Å². The maximum Gasteiger partial charge on any atom is 0.220 e. The van der Waals surface area contributed by atoms with E-state index in [9.17, 15) is 4.79 Å². The van der Waals surface area contributed by atoms with Crippen LogP contribution in [0.3, 0.4) is 0 Å². The van der Waals surface area contributed by atoms with Gasteiger partial charge in [-0.1, -0.05) is 36.4 Å². The van der Waals surface area contributed by atoms with Crippen molar-refractivity contribution >= 4 is 28.9 Å². The molecule has 1 saturated heterocycles. The van der Waals surface area contributed by atoms with Gasteiger partial charge in [-0.3, -0.25) is 4.79 Å². The van der Waals surface area contributed by atoms with Crippen LogP contribution in [0.5, 0.6) is 0 Å². The number of nitrogens with one attached hydrogen (secondary N) is 2. The summed E-state index contributed by atoms with van der Waals surface area (Å²) in [6.07, 6.45) is 3.17. The summed E-state index contributed by atoms with van der Waals surface area (Å²) in [5, 5.41) is 7.30. The van der Waals surface area contributed by atoms with E-state index >= 15 is 0 Å². The molecule has 0 aliphatic carbocycles. The van der Waals surface area contributed by atoms with E-state index in [4.69, 9.17) is 12.2 Å². The van der Waals surface area contributed by atoms with Crippen molar-refractivity contribution in [2.75, 3.05) is 18.4 Å². The van der Waals surface area contributed by atoms with Crippen LogP contribution in [0, 0.1) is 13.8 Å². The Hall–Kier alpha value is -2.40. The summed E-state index contributed by atoms with van der Waals surface area (Å²) in [6.45, 7) is 5.90. The molecule has 1 fully saturated rings. The highest BCUT2D eigenvalue weighted by molar-refractivity contribution is 7.80. The number of hydrogen-bond donors (Lipinski definition) is 2. The maximum atomic E-state index is 12.2. The Morgan fingerprint density at radius 1 is 1.07 bits per heavy atom. The number of nitrogens with zero attached hydrogens (tertiary/aromatic N) is 1. The Labute approximate surface area is 173 Å². The number of carbonyl (C=O) groups is 1. The lowest BCUT2D eigenvalue weighted by molar-refractivity contribution is -0.122. The molecule has 1 aliphatic rings. The van der Waals surface area contributed by atoms with Gasteiger partial charge in [-0.15, -0.1) is 0 Å². The molecular formula is C23H29N3OS. The highest BCUT2D eigenvalue weighted by atomic mass is 32.1. The zero-order valence-corrected chi connectivity index (χ0v) is 17.5.